The molecular formula is C13H8ClN3OS2. The van der Waals surface area contributed by atoms with E-state index in [2.05, 4.69) is 10.4 Å². The zero-order valence-electron chi connectivity index (χ0n) is 10.0. The number of amides is 1. The fourth-order valence-corrected chi connectivity index (χ4v) is 2.97. The zero-order valence-corrected chi connectivity index (χ0v) is 12.4. The van der Waals surface area contributed by atoms with Crippen molar-refractivity contribution in [2.24, 2.45) is 0 Å². The first-order chi connectivity index (χ1) is 9.61. The second-order valence-electron chi connectivity index (χ2n) is 4.05. The Balaban J connectivity index is 1.89. The average molecular weight is 322 g/mol. The molecule has 4 nitrogen and oxygen atoms in total. The van der Waals surface area contributed by atoms with Gasteiger partial charge < -0.3 is 5.32 Å². The van der Waals surface area contributed by atoms with Crippen LogP contribution in [0.5, 0.6) is 0 Å². The number of carbonyl (C=O) groups is 1. The molecule has 1 aromatic carbocycles. The van der Waals surface area contributed by atoms with Gasteiger partial charge in [-0.15, -0.1) is 0 Å². The third-order valence-corrected chi connectivity index (χ3v) is 4.01. The number of halogens is 1. The van der Waals surface area contributed by atoms with Crippen LogP contribution in [0.4, 0.5) is 0 Å². The predicted octanol–water partition coefficient (Wildman–Crippen LogP) is 3.01. The maximum absolute atomic E-state index is 11.6. The molecule has 0 radical (unpaired) electrons. The summed E-state index contributed by atoms with van der Waals surface area (Å²) in [5.74, 6) is -0.171. The van der Waals surface area contributed by atoms with Gasteiger partial charge >= 0.3 is 0 Å². The lowest BCUT2D eigenvalue weighted by atomic mass is 10.3. The summed E-state index contributed by atoms with van der Waals surface area (Å²) in [5, 5.41) is 7.48. The van der Waals surface area contributed by atoms with Crippen LogP contribution in [0, 0.1) is 0 Å². The Bertz CT molecular complexity index is 739. The average Bonchev–Trinajstić information content (AvgIpc) is 2.97. The molecule has 1 aliphatic rings. The Hall–Kier alpha value is -1.63. The summed E-state index contributed by atoms with van der Waals surface area (Å²) >= 11 is 12.1. The molecule has 100 valence electrons. The number of thiocarbonyl (C=S) groups is 1. The van der Waals surface area contributed by atoms with E-state index in [9.17, 15) is 4.79 Å². The molecule has 2 aromatic rings. The molecule has 7 heteroatoms. The number of benzene rings is 1. The predicted molar refractivity (Wildman–Crippen MR) is 84.9 cm³/mol. The Morgan fingerprint density at radius 2 is 2.30 bits per heavy atom. The van der Waals surface area contributed by atoms with Crippen molar-refractivity contribution in [1.82, 2.24) is 15.1 Å². The van der Waals surface area contributed by atoms with Crippen LogP contribution >= 0.6 is 35.6 Å². The minimum absolute atomic E-state index is 0.171. The van der Waals surface area contributed by atoms with Gasteiger partial charge in [0, 0.05) is 16.8 Å². The van der Waals surface area contributed by atoms with E-state index in [1.165, 1.54) is 11.8 Å². The molecule has 1 saturated heterocycles. The van der Waals surface area contributed by atoms with Gasteiger partial charge in [0.25, 0.3) is 5.91 Å². The summed E-state index contributed by atoms with van der Waals surface area (Å²) in [6, 6.07) is 7.38. The minimum Gasteiger partial charge on any atom is -0.307 e. The fourth-order valence-electron chi connectivity index (χ4n) is 1.74. The van der Waals surface area contributed by atoms with Crippen LogP contribution in [-0.4, -0.2) is 20.0 Å². The molecule has 0 atom stereocenters. The molecule has 1 aromatic heterocycles. The summed E-state index contributed by atoms with van der Waals surface area (Å²) in [5.41, 5.74) is 1.69. The number of thioether (sulfide) groups is 1. The van der Waals surface area contributed by atoms with Crippen molar-refractivity contribution in [2.45, 2.75) is 0 Å². The molecule has 1 N–H and O–H groups in total. The van der Waals surface area contributed by atoms with Crippen LogP contribution in [0.3, 0.4) is 0 Å². The van der Waals surface area contributed by atoms with Crippen LogP contribution in [0.25, 0.3) is 11.8 Å². The molecule has 1 aliphatic heterocycles. The fraction of sp³-hybridized carbons (Fsp3) is 0. The summed E-state index contributed by atoms with van der Waals surface area (Å²) in [4.78, 5) is 12.1. The number of nitrogens with one attached hydrogen (secondary N) is 1. The van der Waals surface area contributed by atoms with E-state index in [0.717, 1.165) is 11.3 Å². The lowest BCUT2D eigenvalue weighted by Gasteiger charge is -2.00. The molecule has 3 rings (SSSR count). The van der Waals surface area contributed by atoms with Gasteiger partial charge in [-0.05, 0) is 24.3 Å². The van der Waals surface area contributed by atoms with Gasteiger partial charge in [-0.2, -0.15) is 5.10 Å². The van der Waals surface area contributed by atoms with Crippen molar-refractivity contribution in [3.63, 3.8) is 0 Å². The van der Waals surface area contributed by atoms with Gasteiger partial charge in [0.1, 0.15) is 4.32 Å². The number of hydrogen-bond acceptors (Lipinski definition) is 4. The highest BCUT2D eigenvalue weighted by molar-refractivity contribution is 8.26. The first-order valence-electron chi connectivity index (χ1n) is 5.67. The maximum Gasteiger partial charge on any atom is 0.263 e. The third kappa shape index (κ3) is 2.77. The van der Waals surface area contributed by atoms with Crippen LogP contribution in [-0.2, 0) is 4.79 Å². The third-order valence-electron chi connectivity index (χ3n) is 2.62. The minimum atomic E-state index is -0.171. The second-order valence-corrected chi connectivity index (χ2v) is 6.21. The molecule has 2 heterocycles. The van der Waals surface area contributed by atoms with Crippen LogP contribution in [0.15, 0.2) is 41.6 Å². The Morgan fingerprint density at radius 3 is 3.00 bits per heavy atom. The van der Waals surface area contributed by atoms with Gasteiger partial charge in [-0.25, -0.2) is 4.68 Å². The smallest absolute Gasteiger partial charge is 0.263 e. The Kier molecular flexibility index (Phi) is 3.60. The SMILES string of the molecule is O=C1NC(=S)S/C1=C\c1cnn(-c2cccc(Cl)c2)c1. The summed E-state index contributed by atoms with van der Waals surface area (Å²) in [6.45, 7) is 0. The van der Waals surface area contributed by atoms with E-state index in [1.54, 1.807) is 23.0 Å². The van der Waals surface area contributed by atoms with Gasteiger partial charge in [0.05, 0.1) is 16.8 Å². The summed E-state index contributed by atoms with van der Waals surface area (Å²) in [6.07, 6.45) is 5.27. The van der Waals surface area contributed by atoms with Gasteiger partial charge in [-0.3, -0.25) is 4.79 Å². The topological polar surface area (TPSA) is 46.9 Å². The van der Waals surface area contributed by atoms with Crippen molar-refractivity contribution in [1.29, 1.82) is 0 Å². The molecule has 0 spiro atoms. The molecule has 20 heavy (non-hydrogen) atoms. The molecule has 1 amide bonds. The maximum atomic E-state index is 11.6. The molecular weight excluding hydrogens is 314 g/mol. The van der Waals surface area contributed by atoms with Crippen LogP contribution < -0.4 is 5.32 Å². The Morgan fingerprint density at radius 1 is 1.45 bits per heavy atom. The first-order valence-corrected chi connectivity index (χ1v) is 7.27. The molecule has 0 aliphatic carbocycles. The van der Waals surface area contributed by atoms with E-state index >= 15 is 0 Å². The largest absolute Gasteiger partial charge is 0.307 e. The highest BCUT2D eigenvalue weighted by Crippen LogP contribution is 2.26. The number of carbonyl (C=O) groups excluding carboxylic acids is 1. The highest BCUT2D eigenvalue weighted by atomic mass is 35.5. The number of nitrogens with zero attached hydrogens (tertiary/aromatic N) is 2. The van der Waals surface area contributed by atoms with Crippen molar-refractivity contribution in [3.05, 3.63) is 52.2 Å². The van der Waals surface area contributed by atoms with Gasteiger partial charge in [0.15, 0.2) is 0 Å². The van der Waals surface area contributed by atoms with E-state index in [-0.39, 0.29) is 5.91 Å². The highest BCUT2D eigenvalue weighted by Gasteiger charge is 2.22. The lowest BCUT2D eigenvalue weighted by Crippen LogP contribution is -2.17. The number of aromatic nitrogens is 2. The lowest BCUT2D eigenvalue weighted by molar-refractivity contribution is -0.115. The zero-order chi connectivity index (χ0) is 14.1. The second kappa shape index (κ2) is 5.40. The van der Waals surface area contributed by atoms with Gasteiger partial charge in [-0.1, -0.05) is 41.6 Å². The van der Waals surface area contributed by atoms with Crippen LogP contribution in [0.1, 0.15) is 5.56 Å². The van der Waals surface area contributed by atoms with Crippen molar-refractivity contribution < 1.29 is 4.79 Å². The van der Waals surface area contributed by atoms with E-state index < -0.39 is 0 Å². The summed E-state index contributed by atoms with van der Waals surface area (Å²) < 4.78 is 2.18. The van der Waals surface area contributed by atoms with E-state index in [1.807, 2.05) is 24.4 Å². The molecule has 0 unspecified atom stereocenters. The van der Waals surface area contributed by atoms with Crippen molar-refractivity contribution in [3.8, 4) is 5.69 Å². The van der Waals surface area contributed by atoms with Gasteiger partial charge in [0.2, 0.25) is 0 Å². The molecule has 0 bridgehead atoms. The van der Waals surface area contributed by atoms with Crippen molar-refractivity contribution in [2.75, 3.05) is 0 Å². The molecule has 1 fully saturated rings. The number of hydrogen-bond donors (Lipinski definition) is 1. The first kappa shape index (κ1) is 13.4. The standard InChI is InChI=1S/C13H8ClN3OS2/c14-9-2-1-3-10(5-9)17-7-8(6-15-17)4-11-12(18)16-13(19)20-11/h1-7H,(H,16,18,19)/b11-4-. The quantitative estimate of drug-likeness (QED) is 0.682. The normalized spacial score (nSPS) is 16.8. The number of rotatable bonds is 2. The Labute approximate surface area is 129 Å². The molecule has 0 saturated carbocycles. The summed E-state index contributed by atoms with van der Waals surface area (Å²) in [7, 11) is 0. The van der Waals surface area contributed by atoms with E-state index in [0.29, 0.717) is 14.2 Å². The monoisotopic (exact) mass is 321 g/mol. The van der Waals surface area contributed by atoms with Crippen LogP contribution in [0.2, 0.25) is 5.02 Å². The van der Waals surface area contributed by atoms with Crippen molar-refractivity contribution >= 4 is 51.9 Å². The van der Waals surface area contributed by atoms with E-state index in [4.69, 9.17) is 23.8 Å².